The van der Waals surface area contributed by atoms with Crippen molar-refractivity contribution < 1.29 is 14.3 Å². The van der Waals surface area contributed by atoms with Crippen molar-refractivity contribution in [1.82, 2.24) is 15.0 Å². The van der Waals surface area contributed by atoms with Gasteiger partial charge in [-0.05, 0) is 36.8 Å². The third kappa shape index (κ3) is 2.07. The van der Waals surface area contributed by atoms with Gasteiger partial charge in [-0.25, -0.2) is 13.9 Å². The topological polar surface area (TPSA) is 68.0 Å². The van der Waals surface area contributed by atoms with Crippen LogP contribution in [0.3, 0.4) is 0 Å². The van der Waals surface area contributed by atoms with Crippen LogP contribution in [0.4, 0.5) is 4.39 Å². The smallest absolute Gasteiger partial charge is 0.340 e. The molecule has 0 radical (unpaired) electrons. The van der Waals surface area contributed by atoms with E-state index in [0.717, 1.165) is 6.07 Å². The number of fused-ring (bicyclic) bond motifs is 1. The number of carbonyl (C=O) groups is 1. The second kappa shape index (κ2) is 4.29. The van der Waals surface area contributed by atoms with Crippen molar-refractivity contribution in [3.63, 3.8) is 0 Å². The Balaban J connectivity index is 2.09. The summed E-state index contributed by atoms with van der Waals surface area (Å²) in [6.07, 6.45) is 2.40. The number of halogens is 1. The van der Waals surface area contributed by atoms with E-state index in [9.17, 15) is 9.18 Å². The number of hydrogen-bond acceptors (Lipinski definition) is 3. The molecule has 1 fully saturated rings. The summed E-state index contributed by atoms with van der Waals surface area (Å²) in [6, 6.07) is 2.58. The molecule has 0 spiro atoms. The minimum absolute atomic E-state index is 0.278. The first kappa shape index (κ1) is 12.1. The van der Waals surface area contributed by atoms with Gasteiger partial charge in [0.05, 0.1) is 0 Å². The standard InChI is InChI=1S/C13H14FN3O2/c1-7(8-2-3-8)6-17-12-10(15-16-17)5-4-9(14)11(12)13(18)19/h4-5,7-8H,2-3,6H2,1H3,(H,18,19). The number of benzene rings is 1. The molecule has 1 N–H and O–H groups in total. The van der Waals surface area contributed by atoms with Gasteiger partial charge in [-0.1, -0.05) is 12.1 Å². The van der Waals surface area contributed by atoms with Crippen LogP contribution in [-0.2, 0) is 6.54 Å². The number of hydrogen-bond donors (Lipinski definition) is 1. The molecule has 6 heteroatoms. The molecule has 0 bridgehead atoms. The lowest BCUT2D eigenvalue weighted by Gasteiger charge is -2.11. The van der Waals surface area contributed by atoms with E-state index in [1.54, 1.807) is 0 Å². The van der Waals surface area contributed by atoms with Gasteiger partial charge in [0, 0.05) is 6.54 Å². The Labute approximate surface area is 109 Å². The molecule has 1 atom stereocenters. The molecule has 2 aromatic rings. The molecule has 100 valence electrons. The lowest BCUT2D eigenvalue weighted by Crippen LogP contribution is -2.13. The van der Waals surface area contributed by atoms with E-state index in [0.29, 0.717) is 23.9 Å². The van der Waals surface area contributed by atoms with E-state index < -0.39 is 11.8 Å². The molecule has 0 saturated heterocycles. The number of rotatable bonds is 4. The van der Waals surface area contributed by atoms with Gasteiger partial charge in [-0.15, -0.1) is 5.10 Å². The van der Waals surface area contributed by atoms with Crippen molar-refractivity contribution in [3.05, 3.63) is 23.5 Å². The molecule has 1 aliphatic carbocycles. The van der Waals surface area contributed by atoms with Crippen LogP contribution in [0.15, 0.2) is 12.1 Å². The molecule has 1 saturated carbocycles. The van der Waals surface area contributed by atoms with Crippen LogP contribution in [0.5, 0.6) is 0 Å². The van der Waals surface area contributed by atoms with Crippen LogP contribution in [-0.4, -0.2) is 26.1 Å². The highest BCUT2D eigenvalue weighted by molar-refractivity contribution is 6.01. The number of carboxylic acid groups (broad SMARTS) is 1. The molecule has 19 heavy (non-hydrogen) atoms. The third-order valence-corrected chi connectivity index (χ3v) is 3.73. The first-order valence-electron chi connectivity index (χ1n) is 6.33. The van der Waals surface area contributed by atoms with E-state index in [-0.39, 0.29) is 11.1 Å². The van der Waals surface area contributed by atoms with Crippen molar-refractivity contribution in [2.24, 2.45) is 11.8 Å². The zero-order valence-electron chi connectivity index (χ0n) is 10.5. The zero-order chi connectivity index (χ0) is 13.6. The molecule has 1 unspecified atom stereocenters. The summed E-state index contributed by atoms with van der Waals surface area (Å²) in [7, 11) is 0. The largest absolute Gasteiger partial charge is 0.478 e. The van der Waals surface area contributed by atoms with Crippen LogP contribution < -0.4 is 0 Å². The highest BCUT2D eigenvalue weighted by Crippen LogP contribution is 2.37. The minimum Gasteiger partial charge on any atom is -0.478 e. The molecule has 1 heterocycles. The number of carboxylic acids is 1. The molecule has 1 aromatic carbocycles. The highest BCUT2D eigenvalue weighted by atomic mass is 19.1. The first-order valence-corrected chi connectivity index (χ1v) is 6.33. The van der Waals surface area contributed by atoms with Crippen LogP contribution in [0, 0.1) is 17.7 Å². The van der Waals surface area contributed by atoms with E-state index in [2.05, 4.69) is 17.2 Å². The fourth-order valence-electron chi connectivity index (χ4n) is 2.46. The van der Waals surface area contributed by atoms with Crippen molar-refractivity contribution >= 4 is 17.0 Å². The minimum atomic E-state index is -1.29. The highest BCUT2D eigenvalue weighted by Gasteiger charge is 2.29. The lowest BCUT2D eigenvalue weighted by molar-refractivity contribution is 0.0693. The van der Waals surface area contributed by atoms with Gasteiger partial charge < -0.3 is 5.11 Å². The Hall–Kier alpha value is -1.98. The number of aromatic nitrogens is 3. The van der Waals surface area contributed by atoms with Gasteiger partial charge in [-0.3, -0.25) is 0 Å². The normalized spacial score (nSPS) is 16.7. The Morgan fingerprint density at radius 3 is 2.95 bits per heavy atom. The molecule has 0 aliphatic heterocycles. The fourth-order valence-corrected chi connectivity index (χ4v) is 2.46. The monoisotopic (exact) mass is 263 g/mol. The Bertz CT molecular complexity index is 649. The second-order valence-corrected chi connectivity index (χ2v) is 5.18. The summed E-state index contributed by atoms with van der Waals surface area (Å²) < 4.78 is 15.2. The summed E-state index contributed by atoms with van der Waals surface area (Å²) in [5.41, 5.74) is 0.354. The first-order chi connectivity index (χ1) is 9.08. The lowest BCUT2D eigenvalue weighted by atomic mass is 10.1. The summed E-state index contributed by atoms with van der Waals surface area (Å²) in [4.78, 5) is 11.2. The van der Waals surface area contributed by atoms with E-state index in [1.165, 1.54) is 23.6 Å². The van der Waals surface area contributed by atoms with Gasteiger partial charge >= 0.3 is 5.97 Å². The Morgan fingerprint density at radius 1 is 1.58 bits per heavy atom. The van der Waals surface area contributed by atoms with Crippen molar-refractivity contribution in [2.75, 3.05) is 0 Å². The van der Waals surface area contributed by atoms with Gasteiger partial charge in [0.1, 0.15) is 22.4 Å². The summed E-state index contributed by atoms with van der Waals surface area (Å²) in [5, 5.41) is 17.0. The zero-order valence-corrected chi connectivity index (χ0v) is 10.5. The second-order valence-electron chi connectivity index (χ2n) is 5.18. The SMILES string of the molecule is CC(Cn1nnc2ccc(F)c(C(=O)O)c21)C1CC1. The maximum Gasteiger partial charge on any atom is 0.340 e. The molecular formula is C13H14FN3O2. The Kier molecular flexibility index (Phi) is 2.73. The molecule has 0 amide bonds. The number of nitrogens with zero attached hydrogens (tertiary/aromatic N) is 3. The molecular weight excluding hydrogens is 249 g/mol. The molecule has 1 aromatic heterocycles. The van der Waals surface area contributed by atoms with E-state index >= 15 is 0 Å². The summed E-state index contributed by atoms with van der Waals surface area (Å²) in [6.45, 7) is 2.68. The van der Waals surface area contributed by atoms with E-state index in [1.807, 2.05) is 0 Å². The average molecular weight is 263 g/mol. The Morgan fingerprint density at radius 2 is 2.32 bits per heavy atom. The van der Waals surface area contributed by atoms with Gasteiger partial charge in [-0.2, -0.15) is 0 Å². The molecule has 1 aliphatic rings. The van der Waals surface area contributed by atoms with Crippen molar-refractivity contribution in [2.45, 2.75) is 26.3 Å². The van der Waals surface area contributed by atoms with Crippen molar-refractivity contribution in [3.8, 4) is 0 Å². The fraction of sp³-hybridized carbons (Fsp3) is 0.462. The molecule has 5 nitrogen and oxygen atoms in total. The van der Waals surface area contributed by atoms with E-state index in [4.69, 9.17) is 5.11 Å². The van der Waals surface area contributed by atoms with Gasteiger partial charge in [0.25, 0.3) is 0 Å². The summed E-state index contributed by atoms with van der Waals surface area (Å²) >= 11 is 0. The summed E-state index contributed by atoms with van der Waals surface area (Å²) in [5.74, 6) is -0.968. The quantitative estimate of drug-likeness (QED) is 0.919. The maximum absolute atomic E-state index is 13.7. The predicted octanol–water partition coefficient (Wildman–Crippen LogP) is 2.31. The van der Waals surface area contributed by atoms with Crippen LogP contribution >= 0.6 is 0 Å². The third-order valence-electron chi connectivity index (χ3n) is 3.73. The predicted molar refractivity (Wildman–Crippen MR) is 66.3 cm³/mol. The maximum atomic E-state index is 13.7. The van der Waals surface area contributed by atoms with Gasteiger partial charge in [0.15, 0.2) is 0 Å². The van der Waals surface area contributed by atoms with Crippen LogP contribution in [0.1, 0.15) is 30.1 Å². The van der Waals surface area contributed by atoms with Crippen LogP contribution in [0.25, 0.3) is 11.0 Å². The molecule has 3 rings (SSSR count). The number of aromatic carboxylic acids is 1. The average Bonchev–Trinajstić information content (AvgIpc) is 3.13. The van der Waals surface area contributed by atoms with Crippen LogP contribution in [0.2, 0.25) is 0 Å². The van der Waals surface area contributed by atoms with Gasteiger partial charge in [0.2, 0.25) is 0 Å². The van der Waals surface area contributed by atoms with Crippen molar-refractivity contribution in [1.29, 1.82) is 0 Å².